The summed E-state index contributed by atoms with van der Waals surface area (Å²) in [5.74, 6) is -1.50. The van der Waals surface area contributed by atoms with Crippen molar-refractivity contribution in [1.82, 2.24) is 4.90 Å². The second-order valence-electron chi connectivity index (χ2n) is 5.73. The number of carbonyl (C=O) groups excluding carboxylic acids is 1. The quantitative estimate of drug-likeness (QED) is 0.733. The first kappa shape index (κ1) is 14.8. The molecule has 18 heavy (non-hydrogen) atoms. The number of nitrogens with two attached hydrogens (primary N) is 1. The van der Waals surface area contributed by atoms with Gasteiger partial charge in [0, 0.05) is 18.6 Å². The first-order valence-electron chi connectivity index (χ1n) is 6.11. The first-order chi connectivity index (χ1) is 8.13. The van der Waals surface area contributed by atoms with Crippen LogP contribution in [0.25, 0.3) is 0 Å². The second kappa shape index (κ2) is 5.14. The number of rotatable bonds is 1. The van der Waals surface area contributed by atoms with Crippen molar-refractivity contribution in [1.29, 1.82) is 0 Å². The molecule has 0 spiro atoms. The molecule has 3 atom stereocenters. The van der Waals surface area contributed by atoms with Crippen LogP contribution in [-0.2, 0) is 9.53 Å². The van der Waals surface area contributed by atoms with Crippen LogP contribution >= 0.6 is 0 Å². The summed E-state index contributed by atoms with van der Waals surface area (Å²) in [5, 5.41) is 9.02. The molecule has 6 heteroatoms. The van der Waals surface area contributed by atoms with Crippen LogP contribution in [-0.4, -0.2) is 46.3 Å². The summed E-state index contributed by atoms with van der Waals surface area (Å²) < 4.78 is 5.28. The molecule has 1 fully saturated rings. The molecule has 6 nitrogen and oxygen atoms in total. The van der Waals surface area contributed by atoms with Crippen molar-refractivity contribution in [2.45, 2.75) is 51.8 Å². The molecule has 0 radical (unpaired) electrons. The van der Waals surface area contributed by atoms with Gasteiger partial charge >= 0.3 is 12.1 Å². The molecule has 0 aliphatic carbocycles. The fourth-order valence-corrected chi connectivity index (χ4v) is 2.08. The highest BCUT2D eigenvalue weighted by Gasteiger charge is 2.40. The minimum absolute atomic E-state index is 0.338. The van der Waals surface area contributed by atoms with Crippen LogP contribution in [0.2, 0.25) is 0 Å². The predicted octanol–water partition coefficient (Wildman–Crippen LogP) is 1.04. The van der Waals surface area contributed by atoms with Gasteiger partial charge in [-0.15, -0.1) is 0 Å². The van der Waals surface area contributed by atoms with E-state index in [9.17, 15) is 9.59 Å². The molecule has 0 aromatic heterocycles. The molecule has 1 saturated heterocycles. The molecule has 0 aromatic carbocycles. The number of nitrogens with zero attached hydrogens (tertiary/aromatic N) is 1. The smallest absolute Gasteiger partial charge is 0.410 e. The number of amides is 1. The Hall–Kier alpha value is -1.30. The molecule has 3 N–H and O–H groups in total. The lowest BCUT2D eigenvalue weighted by Gasteiger charge is -2.41. The lowest BCUT2D eigenvalue weighted by molar-refractivity contribution is -0.144. The Morgan fingerprint density at radius 3 is 2.39 bits per heavy atom. The highest BCUT2D eigenvalue weighted by Crippen LogP contribution is 2.24. The van der Waals surface area contributed by atoms with Gasteiger partial charge in [-0.1, -0.05) is 0 Å². The lowest BCUT2D eigenvalue weighted by atomic mass is 9.87. The van der Waals surface area contributed by atoms with Crippen molar-refractivity contribution >= 4 is 12.1 Å². The monoisotopic (exact) mass is 258 g/mol. The number of carbonyl (C=O) groups is 2. The predicted molar refractivity (Wildman–Crippen MR) is 66.1 cm³/mol. The van der Waals surface area contributed by atoms with Gasteiger partial charge in [0.2, 0.25) is 0 Å². The maximum absolute atomic E-state index is 11.9. The van der Waals surface area contributed by atoms with Crippen molar-refractivity contribution < 1.29 is 19.4 Å². The van der Waals surface area contributed by atoms with E-state index in [1.807, 2.05) is 0 Å². The van der Waals surface area contributed by atoms with E-state index in [1.165, 1.54) is 4.90 Å². The van der Waals surface area contributed by atoms with E-state index in [2.05, 4.69) is 0 Å². The van der Waals surface area contributed by atoms with Gasteiger partial charge < -0.3 is 20.5 Å². The Labute approximate surface area is 107 Å². The Morgan fingerprint density at radius 2 is 1.94 bits per heavy atom. The lowest BCUT2D eigenvalue weighted by Crippen LogP contribution is -2.59. The van der Waals surface area contributed by atoms with Crippen LogP contribution in [0.4, 0.5) is 4.79 Å². The maximum Gasteiger partial charge on any atom is 0.410 e. The van der Waals surface area contributed by atoms with Gasteiger partial charge in [0.1, 0.15) is 5.60 Å². The molecule has 1 aliphatic heterocycles. The van der Waals surface area contributed by atoms with Crippen molar-refractivity contribution in [3.63, 3.8) is 0 Å². The number of aliphatic carboxylic acids is 1. The van der Waals surface area contributed by atoms with Gasteiger partial charge in [-0.3, -0.25) is 4.79 Å². The van der Waals surface area contributed by atoms with E-state index in [4.69, 9.17) is 15.6 Å². The standard InChI is InChI=1S/C12H22N2O4/c1-7-9(13)8(10(15)16)5-6-14(7)11(17)18-12(2,3)4/h7-9H,5-6,13H2,1-4H3,(H,15,16). The first-order valence-corrected chi connectivity index (χ1v) is 6.11. The zero-order valence-electron chi connectivity index (χ0n) is 11.3. The van der Waals surface area contributed by atoms with Crippen molar-refractivity contribution in [3.05, 3.63) is 0 Å². The SMILES string of the molecule is CC1C(N)C(C(=O)O)CCN1C(=O)OC(C)(C)C. The Morgan fingerprint density at radius 1 is 1.39 bits per heavy atom. The number of carboxylic acid groups (broad SMARTS) is 1. The summed E-state index contributed by atoms with van der Waals surface area (Å²) in [7, 11) is 0. The number of likely N-dealkylation sites (tertiary alicyclic amines) is 1. The number of piperidine rings is 1. The van der Waals surface area contributed by atoms with Crippen molar-refractivity contribution in [3.8, 4) is 0 Å². The molecule has 0 aromatic rings. The van der Waals surface area contributed by atoms with Crippen molar-refractivity contribution in [2.24, 2.45) is 11.7 Å². The van der Waals surface area contributed by atoms with Gasteiger partial charge in [-0.2, -0.15) is 0 Å². The number of hydrogen-bond donors (Lipinski definition) is 2. The number of ether oxygens (including phenoxy) is 1. The van der Waals surface area contributed by atoms with Crippen molar-refractivity contribution in [2.75, 3.05) is 6.54 Å². The third-order valence-corrected chi connectivity index (χ3v) is 3.14. The van der Waals surface area contributed by atoms with Gasteiger partial charge in [-0.05, 0) is 34.1 Å². The van der Waals surface area contributed by atoms with E-state index < -0.39 is 29.6 Å². The summed E-state index contributed by atoms with van der Waals surface area (Å²) in [6, 6.07) is -0.904. The van der Waals surface area contributed by atoms with Crippen LogP contribution in [0.3, 0.4) is 0 Å². The number of hydrogen-bond acceptors (Lipinski definition) is 4. The minimum Gasteiger partial charge on any atom is -0.481 e. The fourth-order valence-electron chi connectivity index (χ4n) is 2.08. The van der Waals surface area contributed by atoms with E-state index >= 15 is 0 Å². The maximum atomic E-state index is 11.9. The topological polar surface area (TPSA) is 92.9 Å². The highest BCUT2D eigenvalue weighted by atomic mass is 16.6. The highest BCUT2D eigenvalue weighted by molar-refractivity contribution is 5.73. The average molecular weight is 258 g/mol. The molecular formula is C12H22N2O4. The molecule has 1 aliphatic rings. The van der Waals surface area contributed by atoms with Gasteiger partial charge in [-0.25, -0.2) is 4.79 Å². The van der Waals surface area contributed by atoms with Crippen LogP contribution in [0.5, 0.6) is 0 Å². The average Bonchev–Trinajstić information content (AvgIpc) is 2.18. The third kappa shape index (κ3) is 3.35. The Bertz CT molecular complexity index is 337. The fraction of sp³-hybridized carbons (Fsp3) is 0.833. The summed E-state index contributed by atoms with van der Waals surface area (Å²) in [4.78, 5) is 24.5. The Balaban J connectivity index is 2.71. The van der Waals surface area contributed by atoms with E-state index in [0.29, 0.717) is 13.0 Å². The molecule has 1 amide bonds. The van der Waals surface area contributed by atoms with Gasteiger partial charge in [0.15, 0.2) is 0 Å². The van der Waals surface area contributed by atoms with Gasteiger partial charge in [0.25, 0.3) is 0 Å². The van der Waals surface area contributed by atoms with E-state index in [1.54, 1.807) is 27.7 Å². The summed E-state index contributed by atoms with van der Waals surface area (Å²) in [6.45, 7) is 7.49. The van der Waals surface area contributed by atoms with Crippen LogP contribution in [0, 0.1) is 5.92 Å². The zero-order valence-corrected chi connectivity index (χ0v) is 11.3. The second-order valence-corrected chi connectivity index (χ2v) is 5.73. The normalized spacial score (nSPS) is 28.9. The van der Waals surface area contributed by atoms with E-state index in [0.717, 1.165) is 0 Å². The zero-order chi connectivity index (χ0) is 14.1. The molecule has 1 heterocycles. The van der Waals surface area contributed by atoms with E-state index in [-0.39, 0.29) is 6.04 Å². The molecular weight excluding hydrogens is 236 g/mol. The third-order valence-electron chi connectivity index (χ3n) is 3.14. The summed E-state index contributed by atoms with van der Waals surface area (Å²) >= 11 is 0. The van der Waals surface area contributed by atoms with Crippen LogP contribution in [0.1, 0.15) is 34.1 Å². The van der Waals surface area contributed by atoms with Crippen LogP contribution in [0.15, 0.2) is 0 Å². The largest absolute Gasteiger partial charge is 0.481 e. The van der Waals surface area contributed by atoms with Crippen LogP contribution < -0.4 is 5.73 Å². The summed E-state index contributed by atoms with van der Waals surface area (Å²) in [5.41, 5.74) is 5.32. The Kier molecular flexibility index (Phi) is 4.21. The molecule has 0 bridgehead atoms. The molecule has 0 saturated carbocycles. The number of carboxylic acids is 1. The summed E-state index contributed by atoms with van der Waals surface area (Å²) in [6.07, 6.45) is -0.0747. The van der Waals surface area contributed by atoms with Gasteiger partial charge in [0.05, 0.1) is 5.92 Å². The molecule has 1 rings (SSSR count). The minimum atomic E-state index is -0.904. The molecule has 104 valence electrons. The molecule has 3 unspecified atom stereocenters.